The third kappa shape index (κ3) is 3.35. The zero-order valence-electron chi connectivity index (χ0n) is 13.8. The minimum atomic E-state index is -0.258. The van der Waals surface area contributed by atoms with Gasteiger partial charge in [0.15, 0.2) is 5.69 Å². The first-order chi connectivity index (χ1) is 10.3. The van der Waals surface area contributed by atoms with Crippen molar-refractivity contribution in [2.75, 3.05) is 0 Å². The summed E-state index contributed by atoms with van der Waals surface area (Å²) in [5, 5.41) is 7.06. The molecule has 0 radical (unpaired) electrons. The van der Waals surface area contributed by atoms with Crippen LogP contribution in [0.5, 0.6) is 0 Å². The highest BCUT2D eigenvalue weighted by Gasteiger charge is 2.37. The summed E-state index contributed by atoms with van der Waals surface area (Å²) in [6.07, 6.45) is 6.39. The second-order valence-corrected chi connectivity index (χ2v) is 7.99. The van der Waals surface area contributed by atoms with Gasteiger partial charge in [-0.15, -0.1) is 0 Å². The predicted molar refractivity (Wildman–Crippen MR) is 84.6 cm³/mol. The Bertz CT molecular complexity index is 548. The van der Waals surface area contributed by atoms with Gasteiger partial charge in [-0.3, -0.25) is 4.79 Å². The van der Waals surface area contributed by atoms with Crippen LogP contribution in [0, 0.1) is 5.92 Å². The molecule has 5 heteroatoms. The van der Waals surface area contributed by atoms with E-state index in [-0.39, 0.29) is 17.0 Å². The van der Waals surface area contributed by atoms with Crippen molar-refractivity contribution in [3.8, 4) is 0 Å². The average molecular weight is 305 g/mol. The molecule has 3 rings (SSSR count). The summed E-state index contributed by atoms with van der Waals surface area (Å²) in [4.78, 5) is 12.4. The normalized spacial score (nSPS) is 29.4. The van der Waals surface area contributed by atoms with E-state index in [2.05, 4.69) is 31.2 Å². The van der Waals surface area contributed by atoms with E-state index in [4.69, 9.17) is 10.3 Å². The van der Waals surface area contributed by atoms with E-state index in [1.165, 1.54) is 0 Å². The fourth-order valence-electron chi connectivity index (χ4n) is 3.41. The molecule has 0 bridgehead atoms. The van der Waals surface area contributed by atoms with Gasteiger partial charge in [0.1, 0.15) is 5.76 Å². The molecule has 1 aromatic heterocycles. The van der Waals surface area contributed by atoms with Gasteiger partial charge in [-0.2, -0.15) is 0 Å². The van der Waals surface area contributed by atoms with Crippen LogP contribution in [0.2, 0.25) is 0 Å². The highest BCUT2D eigenvalue weighted by Crippen LogP contribution is 2.40. The number of aromatic nitrogens is 1. The van der Waals surface area contributed by atoms with Crippen molar-refractivity contribution in [3.05, 3.63) is 17.5 Å². The number of carbonyl (C=O) groups is 1. The van der Waals surface area contributed by atoms with Crippen LogP contribution in [0.1, 0.15) is 81.5 Å². The van der Waals surface area contributed by atoms with E-state index in [0.717, 1.165) is 44.3 Å². The molecule has 2 aliphatic carbocycles. The number of rotatable bonds is 4. The van der Waals surface area contributed by atoms with Crippen molar-refractivity contribution >= 4 is 5.91 Å². The molecule has 0 aliphatic heterocycles. The van der Waals surface area contributed by atoms with Gasteiger partial charge >= 0.3 is 0 Å². The lowest BCUT2D eigenvalue weighted by Gasteiger charge is -2.42. The molecule has 0 atom stereocenters. The zero-order valence-corrected chi connectivity index (χ0v) is 13.8. The summed E-state index contributed by atoms with van der Waals surface area (Å²) in [5.74, 6) is 1.63. The van der Waals surface area contributed by atoms with E-state index in [0.29, 0.717) is 17.5 Å². The largest absolute Gasteiger partial charge is 0.360 e. The smallest absolute Gasteiger partial charge is 0.273 e. The molecule has 2 saturated carbocycles. The minimum absolute atomic E-state index is 0.0537. The van der Waals surface area contributed by atoms with Crippen molar-refractivity contribution in [2.24, 2.45) is 11.7 Å². The van der Waals surface area contributed by atoms with Crippen molar-refractivity contribution in [1.29, 1.82) is 0 Å². The summed E-state index contributed by atoms with van der Waals surface area (Å²) in [6.45, 7) is 6.30. The topological polar surface area (TPSA) is 81.1 Å². The summed E-state index contributed by atoms with van der Waals surface area (Å²) in [6, 6.07) is 1.79. The SMILES string of the molecule is CC1(N)CCC(C(C)(C)NC(=O)c2cc(C3CC3)on2)CC1. The molecule has 1 aromatic rings. The molecule has 5 nitrogen and oxygen atoms in total. The van der Waals surface area contributed by atoms with Crippen LogP contribution >= 0.6 is 0 Å². The molecule has 22 heavy (non-hydrogen) atoms. The maximum Gasteiger partial charge on any atom is 0.273 e. The second-order valence-electron chi connectivity index (χ2n) is 7.99. The van der Waals surface area contributed by atoms with Crippen LogP contribution in [-0.4, -0.2) is 22.1 Å². The van der Waals surface area contributed by atoms with Gasteiger partial charge in [0.2, 0.25) is 0 Å². The van der Waals surface area contributed by atoms with Crippen LogP contribution in [0.25, 0.3) is 0 Å². The molecule has 0 aromatic carbocycles. The summed E-state index contributed by atoms with van der Waals surface area (Å²) >= 11 is 0. The third-order valence-electron chi connectivity index (χ3n) is 5.32. The monoisotopic (exact) mass is 305 g/mol. The number of nitrogens with two attached hydrogens (primary N) is 1. The van der Waals surface area contributed by atoms with Gasteiger partial charge in [0.25, 0.3) is 5.91 Å². The van der Waals surface area contributed by atoms with E-state index < -0.39 is 0 Å². The fourth-order valence-corrected chi connectivity index (χ4v) is 3.41. The van der Waals surface area contributed by atoms with Crippen LogP contribution in [0.15, 0.2) is 10.6 Å². The molecule has 1 heterocycles. The lowest BCUT2D eigenvalue weighted by Crippen LogP contribution is -2.52. The molecular formula is C17H27N3O2. The van der Waals surface area contributed by atoms with Crippen molar-refractivity contribution in [1.82, 2.24) is 10.5 Å². The molecular weight excluding hydrogens is 278 g/mol. The average Bonchev–Trinajstić information content (AvgIpc) is 3.15. The number of nitrogens with zero attached hydrogens (tertiary/aromatic N) is 1. The Morgan fingerprint density at radius 1 is 1.36 bits per heavy atom. The lowest BCUT2D eigenvalue weighted by molar-refractivity contribution is 0.0830. The van der Waals surface area contributed by atoms with Crippen LogP contribution < -0.4 is 11.1 Å². The van der Waals surface area contributed by atoms with Crippen LogP contribution in [0.3, 0.4) is 0 Å². The molecule has 1 amide bonds. The zero-order chi connectivity index (χ0) is 16.0. The highest BCUT2D eigenvalue weighted by molar-refractivity contribution is 5.92. The maximum atomic E-state index is 12.4. The Kier molecular flexibility index (Phi) is 3.79. The number of hydrogen-bond donors (Lipinski definition) is 2. The van der Waals surface area contributed by atoms with Gasteiger partial charge in [0, 0.05) is 23.1 Å². The number of amides is 1. The van der Waals surface area contributed by atoms with Gasteiger partial charge in [-0.1, -0.05) is 5.16 Å². The first-order valence-electron chi connectivity index (χ1n) is 8.35. The van der Waals surface area contributed by atoms with Crippen molar-refractivity contribution in [2.45, 2.75) is 76.3 Å². The van der Waals surface area contributed by atoms with Gasteiger partial charge < -0.3 is 15.6 Å². The van der Waals surface area contributed by atoms with E-state index >= 15 is 0 Å². The number of carbonyl (C=O) groups excluding carboxylic acids is 1. The first kappa shape index (κ1) is 15.5. The first-order valence-corrected chi connectivity index (χ1v) is 8.35. The molecule has 0 spiro atoms. The molecule has 122 valence electrons. The van der Waals surface area contributed by atoms with E-state index in [1.807, 2.05) is 0 Å². The van der Waals surface area contributed by atoms with E-state index in [9.17, 15) is 4.79 Å². The van der Waals surface area contributed by atoms with Crippen molar-refractivity contribution in [3.63, 3.8) is 0 Å². The Hall–Kier alpha value is -1.36. The van der Waals surface area contributed by atoms with Gasteiger partial charge in [-0.25, -0.2) is 0 Å². The Labute approximate surface area is 132 Å². The molecule has 3 N–H and O–H groups in total. The van der Waals surface area contributed by atoms with Crippen LogP contribution in [0.4, 0.5) is 0 Å². The van der Waals surface area contributed by atoms with Gasteiger partial charge in [0.05, 0.1) is 0 Å². The van der Waals surface area contributed by atoms with E-state index in [1.54, 1.807) is 6.07 Å². The van der Waals surface area contributed by atoms with Crippen molar-refractivity contribution < 1.29 is 9.32 Å². The van der Waals surface area contributed by atoms with Crippen LogP contribution in [-0.2, 0) is 0 Å². The predicted octanol–water partition coefficient (Wildman–Crippen LogP) is 2.97. The summed E-state index contributed by atoms with van der Waals surface area (Å²) in [5.41, 5.74) is 6.29. The van der Waals surface area contributed by atoms with Gasteiger partial charge in [-0.05, 0) is 65.2 Å². The quantitative estimate of drug-likeness (QED) is 0.896. The second kappa shape index (κ2) is 5.37. The Morgan fingerprint density at radius 2 is 2.00 bits per heavy atom. The summed E-state index contributed by atoms with van der Waals surface area (Å²) < 4.78 is 5.27. The molecule has 0 unspecified atom stereocenters. The molecule has 2 fully saturated rings. The molecule has 0 saturated heterocycles. The fraction of sp³-hybridized carbons (Fsp3) is 0.765. The Balaban J connectivity index is 1.61. The third-order valence-corrected chi connectivity index (χ3v) is 5.32. The minimum Gasteiger partial charge on any atom is -0.360 e. The standard InChI is InChI=1S/C17H27N3O2/c1-16(2,12-6-8-17(3,18)9-7-12)19-15(21)13-10-14(22-20-13)11-4-5-11/h10-12H,4-9,18H2,1-3H3,(H,19,21). The molecule has 2 aliphatic rings. The Morgan fingerprint density at radius 3 is 2.59 bits per heavy atom. The maximum absolute atomic E-state index is 12.4. The highest BCUT2D eigenvalue weighted by atomic mass is 16.5. The summed E-state index contributed by atoms with van der Waals surface area (Å²) in [7, 11) is 0. The number of hydrogen-bond acceptors (Lipinski definition) is 4. The number of nitrogens with one attached hydrogen (secondary N) is 1. The lowest BCUT2D eigenvalue weighted by atomic mass is 9.71.